The van der Waals surface area contributed by atoms with Gasteiger partial charge < -0.3 is 14.5 Å². The topological polar surface area (TPSA) is 85.5 Å². The smallest absolute Gasteiger partial charge is 0.321 e. The molecule has 0 amide bonds. The maximum absolute atomic E-state index is 12.4. The molecule has 0 aliphatic carbocycles. The number of aromatic amines is 1. The summed E-state index contributed by atoms with van der Waals surface area (Å²) in [5.41, 5.74) is 0.254. The van der Waals surface area contributed by atoms with Gasteiger partial charge in [-0.15, -0.1) is 0 Å². The number of aromatic nitrogens is 1. The van der Waals surface area contributed by atoms with Crippen molar-refractivity contribution in [1.82, 2.24) is 4.98 Å². The summed E-state index contributed by atoms with van der Waals surface area (Å²) in [6, 6.07) is 1.37. The first kappa shape index (κ1) is 19.4. The molecule has 130 valence electrons. The Morgan fingerprint density at radius 2 is 1.96 bits per heavy atom. The molecule has 1 rings (SSSR count). The summed E-state index contributed by atoms with van der Waals surface area (Å²) in [7, 11) is -1.45. The Hall–Kier alpha value is -1.63. The molecule has 1 aromatic rings. The lowest BCUT2D eigenvalue weighted by molar-refractivity contribution is -0.143. The van der Waals surface area contributed by atoms with E-state index < -0.39 is 22.0 Å². The Balaban J connectivity index is 2.73. The summed E-state index contributed by atoms with van der Waals surface area (Å²) in [5.74, 6) is -0.100. The van der Waals surface area contributed by atoms with Crippen LogP contribution < -0.4 is 10.2 Å². The monoisotopic (exact) mass is 343 g/mol. The van der Waals surface area contributed by atoms with Gasteiger partial charge in [0, 0.05) is 28.8 Å². The normalized spacial score (nSPS) is 13.3. The van der Waals surface area contributed by atoms with Crippen LogP contribution in [0.15, 0.2) is 17.1 Å². The Kier molecular flexibility index (Phi) is 8.61. The second kappa shape index (κ2) is 10.2. The second-order valence-corrected chi connectivity index (χ2v) is 6.74. The van der Waals surface area contributed by atoms with Crippen LogP contribution >= 0.6 is 0 Å². The van der Waals surface area contributed by atoms with Crippen LogP contribution in [-0.4, -0.2) is 33.6 Å². The molecule has 0 bridgehead atoms. The van der Waals surface area contributed by atoms with E-state index in [4.69, 9.17) is 9.47 Å². The zero-order valence-electron chi connectivity index (χ0n) is 13.9. The molecule has 2 atom stereocenters. The van der Waals surface area contributed by atoms with Gasteiger partial charge in [-0.1, -0.05) is 20.8 Å². The largest absolute Gasteiger partial charge is 0.488 e. The number of hydrogen-bond acceptors (Lipinski definition) is 5. The molecule has 23 heavy (non-hydrogen) atoms. The molecule has 6 nitrogen and oxygen atoms in total. The van der Waals surface area contributed by atoms with E-state index in [0.717, 1.165) is 12.8 Å². The minimum Gasteiger partial charge on any atom is -0.488 e. The van der Waals surface area contributed by atoms with Gasteiger partial charge in [0.25, 0.3) is 0 Å². The molecule has 1 N–H and O–H groups in total. The molecule has 0 aromatic carbocycles. The molecule has 1 heterocycles. The first-order valence-corrected chi connectivity index (χ1v) is 9.29. The van der Waals surface area contributed by atoms with E-state index in [-0.39, 0.29) is 16.9 Å². The van der Waals surface area contributed by atoms with E-state index in [1.54, 1.807) is 6.92 Å². The van der Waals surface area contributed by atoms with Crippen molar-refractivity contribution in [1.29, 1.82) is 0 Å². The number of nitrogens with one attached hydrogen (secondary N) is 1. The number of carbonyl (C=O) groups excluding carboxylic acids is 1. The van der Waals surface area contributed by atoms with Gasteiger partial charge >= 0.3 is 5.97 Å². The van der Waals surface area contributed by atoms with Crippen molar-refractivity contribution in [3.8, 4) is 5.75 Å². The van der Waals surface area contributed by atoms with Gasteiger partial charge in [0.1, 0.15) is 5.25 Å². The third kappa shape index (κ3) is 6.17. The molecule has 0 aliphatic rings. The van der Waals surface area contributed by atoms with Crippen LogP contribution in [0.3, 0.4) is 0 Å². The SMILES string of the molecule is CCCOC(=O)C(CC)S(=O)Cc1cc(=O)c(OCCC)c[nH]1. The maximum Gasteiger partial charge on any atom is 0.321 e. The van der Waals surface area contributed by atoms with E-state index in [1.165, 1.54) is 12.3 Å². The van der Waals surface area contributed by atoms with Gasteiger partial charge in [0.05, 0.1) is 19.0 Å². The van der Waals surface area contributed by atoms with Crippen LogP contribution in [0.1, 0.15) is 45.7 Å². The molecule has 0 spiro atoms. The first-order chi connectivity index (χ1) is 11.0. The molecule has 0 saturated carbocycles. The predicted molar refractivity (Wildman–Crippen MR) is 90.0 cm³/mol. The fraction of sp³-hybridized carbons (Fsp3) is 0.625. The number of hydrogen-bond donors (Lipinski definition) is 1. The van der Waals surface area contributed by atoms with E-state index in [9.17, 15) is 13.8 Å². The standard InChI is InChI=1S/C16H25NO5S/c1-4-7-21-14-10-17-12(9-13(14)18)11-23(20)15(6-3)16(19)22-8-5-2/h9-10,15H,4-8,11H2,1-3H3,(H,17,18). The van der Waals surface area contributed by atoms with Crippen LogP contribution in [0.4, 0.5) is 0 Å². The van der Waals surface area contributed by atoms with Crippen LogP contribution in [0.2, 0.25) is 0 Å². The summed E-state index contributed by atoms with van der Waals surface area (Å²) in [6.07, 6.45) is 3.43. The van der Waals surface area contributed by atoms with Gasteiger partial charge in [-0.05, 0) is 19.3 Å². The van der Waals surface area contributed by atoms with Gasteiger partial charge in [0.15, 0.2) is 5.75 Å². The molecule has 2 unspecified atom stereocenters. The van der Waals surface area contributed by atoms with Crippen LogP contribution in [-0.2, 0) is 26.1 Å². The van der Waals surface area contributed by atoms with E-state index in [0.29, 0.717) is 25.3 Å². The Morgan fingerprint density at radius 3 is 2.52 bits per heavy atom. The molecular weight excluding hydrogens is 318 g/mol. The van der Waals surface area contributed by atoms with Gasteiger partial charge in [0.2, 0.25) is 5.43 Å². The lowest BCUT2D eigenvalue weighted by Gasteiger charge is -2.14. The van der Waals surface area contributed by atoms with Crippen LogP contribution in [0, 0.1) is 0 Å². The fourth-order valence-corrected chi connectivity index (χ4v) is 3.25. The summed E-state index contributed by atoms with van der Waals surface area (Å²) < 4.78 is 22.7. The highest BCUT2D eigenvalue weighted by Crippen LogP contribution is 2.11. The minimum absolute atomic E-state index is 0.100. The Labute approximate surface area is 139 Å². The number of ether oxygens (including phenoxy) is 2. The van der Waals surface area contributed by atoms with Crippen molar-refractivity contribution in [2.24, 2.45) is 0 Å². The van der Waals surface area contributed by atoms with Gasteiger partial charge in [-0.25, -0.2) is 0 Å². The van der Waals surface area contributed by atoms with Crippen molar-refractivity contribution in [2.45, 2.75) is 51.0 Å². The molecule has 7 heteroatoms. The molecular formula is C16H25NO5S. The first-order valence-electron chi connectivity index (χ1n) is 7.91. The average Bonchev–Trinajstić information content (AvgIpc) is 2.52. The number of carbonyl (C=O) groups is 1. The quantitative estimate of drug-likeness (QED) is 0.658. The fourth-order valence-electron chi connectivity index (χ4n) is 1.92. The molecule has 0 fully saturated rings. The number of H-pyrrole nitrogens is 1. The van der Waals surface area contributed by atoms with E-state index >= 15 is 0 Å². The number of rotatable bonds is 10. The summed E-state index contributed by atoms with van der Waals surface area (Å²) >= 11 is 0. The van der Waals surface area contributed by atoms with Crippen LogP contribution in [0.25, 0.3) is 0 Å². The summed E-state index contributed by atoms with van der Waals surface area (Å²) in [6.45, 7) is 6.44. The third-order valence-corrected chi connectivity index (χ3v) is 4.85. The predicted octanol–water partition coefficient (Wildman–Crippen LogP) is 2.14. The number of pyridine rings is 1. The lowest BCUT2D eigenvalue weighted by Crippen LogP contribution is -2.29. The summed E-state index contributed by atoms with van der Waals surface area (Å²) in [5, 5.41) is -0.680. The molecule has 0 aliphatic heterocycles. The molecule has 1 aromatic heterocycles. The Bertz CT molecular complexity index is 584. The molecule has 0 saturated heterocycles. The zero-order valence-corrected chi connectivity index (χ0v) is 14.7. The highest BCUT2D eigenvalue weighted by Gasteiger charge is 2.25. The second-order valence-electron chi connectivity index (χ2n) is 5.12. The number of esters is 1. The van der Waals surface area contributed by atoms with Crippen molar-refractivity contribution in [3.63, 3.8) is 0 Å². The highest BCUT2D eigenvalue weighted by molar-refractivity contribution is 7.85. The lowest BCUT2D eigenvalue weighted by atomic mass is 10.3. The van der Waals surface area contributed by atoms with Crippen LogP contribution in [0.5, 0.6) is 5.75 Å². The maximum atomic E-state index is 12.4. The van der Waals surface area contributed by atoms with Crippen molar-refractivity contribution < 1.29 is 18.5 Å². The van der Waals surface area contributed by atoms with E-state index in [2.05, 4.69) is 4.98 Å². The average molecular weight is 343 g/mol. The van der Waals surface area contributed by atoms with Crippen molar-refractivity contribution >= 4 is 16.8 Å². The Morgan fingerprint density at radius 1 is 1.26 bits per heavy atom. The minimum atomic E-state index is -1.45. The highest BCUT2D eigenvalue weighted by atomic mass is 32.2. The van der Waals surface area contributed by atoms with E-state index in [1.807, 2.05) is 13.8 Å². The van der Waals surface area contributed by atoms with Crippen molar-refractivity contribution in [3.05, 3.63) is 28.2 Å². The van der Waals surface area contributed by atoms with Gasteiger partial charge in [-0.3, -0.25) is 13.8 Å². The van der Waals surface area contributed by atoms with Crippen molar-refractivity contribution in [2.75, 3.05) is 13.2 Å². The third-order valence-electron chi connectivity index (χ3n) is 3.10. The zero-order chi connectivity index (χ0) is 17.2. The summed E-state index contributed by atoms with van der Waals surface area (Å²) in [4.78, 5) is 26.7. The van der Waals surface area contributed by atoms with Gasteiger partial charge in [-0.2, -0.15) is 0 Å². The molecule has 0 radical (unpaired) electrons.